The number of thioether (sulfide) groups is 1. The molecule has 0 unspecified atom stereocenters. The zero-order valence-corrected chi connectivity index (χ0v) is 10.8. The molecule has 4 heteroatoms. The summed E-state index contributed by atoms with van der Waals surface area (Å²) in [5, 5.41) is 1.67. The first-order valence-corrected chi connectivity index (χ1v) is 6.09. The van der Waals surface area contributed by atoms with E-state index in [0.717, 1.165) is 9.76 Å². The SMILES string of the molecule is CC(C)Sc1ncc(Br)n1C(C)C. The number of rotatable bonds is 3. The van der Waals surface area contributed by atoms with Gasteiger partial charge in [-0.2, -0.15) is 0 Å². The molecule has 0 aromatic carbocycles. The zero-order valence-electron chi connectivity index (χ0n) is 8.41. The van der Waals surface area contributed by atoms with Gasteiger partial charge >= 0.3 is 0 Å². The minimum Gasteiger partial charge on any atom is -0.311 e. The number of halogens is 1. The molecule has 0 bridgehead atoms. The van der Waals surface area contributed by atoms with Crippen LogP contribution in [0.1, 0.15) is 33.7 Å². The van der Waals surface area contributed by atoms with Gasteiger partial charge in [0, 0.05) is 11.3 Å². The third kappa shape index (κ3) is 2.74. The van der Waals surface area contributed by atoms with Gasteiger partial charge in [0.25, 0.3) is 0 Å². The molecule has 0 spiro atoms. The topological polar surface area (TPSA) is 17.8 Å². The fourth-order valence-electron chi connectivity index (χ4n) is 1.09. The summed E-state index contributed by atoms with van der Waals surface area (Å²) >= 11 is 5.29. The average Bonchev–Trinajstić information content (AvgIpc) is 2.30. The van der Waals surface area contributed by atoms with Crippen molar-refractivity contribution in [1.82, 2.24) is 9.55 Å². The van der Waals surface area contributed by atoms with E-state index >= 15 is 0 Å². The van der Waals surface area contributed by atoms with Crippen molar-refractivity contribution in [3.63, 3.8) is 0 Å². The average molecular weight is 263 g/mol. The van der Waals surface area contributed by atoms with Gasteiger partial charge in [-0.25, -0.2) is 4.98 Å². The number of hydrogen-bond acceptors (Lipinski definition) is 2. The molecule has 1 aromatic heterocycles. The second-order valence-electron chi connectivity index (χ2n) is 3.49. The van der Waals surface area contributed by atoms with Crippen LogP contribution in [0.2, 0.25) is 0 Å². The first kappa shape index (κ1) is 11.1. The molecule has 0 aliphatic heterocycles. The second kappa shape index (κ2) is 4.51. The van der Waals surface area contributed by atoms with Gasteiger partial charge in [0.05, 0.1) is 6.20 Å². The van der Waals surface area contributed by atoms with E-state index in [-0.39, 0.29) is 0 Å². The highest BCUT2D eigenvalue weighted by atomic mass is 79.9. The number of imidazole rings is 1. The Balaban J connectivity index is 2.94. The van der Waals surface area contributed by atoms with Crippen LogP contribution < -0.4 is 0 Å². The maximum atomic E-state index is 4.36. The normalized spacial score (nSPS) is 11.6. The molecule has 0 radical (unpaired) electrons. The molecular weight excluding hydrogens is 248 g/mol. The molecular formula is C9H15BrN2S. The molecule has 0 aliphatic rings. The minimum atomic E-state index is 0.457. The van der Waals surface area contributed by atoms with Gasteiger partial charge in [-0.05, 0) is 29.8 Å². The van der Waals surface area contributed by atoms with Gasteiger partial charge in [0.1, 0.15) is 4.60 Å². The van der Waals surface area contributed by atoms with E-state index in [9.17, 15) is 0 Å². The molecule has 13 heavy (non-hydrogen) atoms. The number of nitrogens with zero attached hydrogens (tertiary/aromatic N) is 2. The van der Waals surface area contributed by atoms with Crippen LogP contribution in [0.25, 0.3) is 0 Å². The largest absolute Gasteiger partial charge is 0.311 e. The van der Waals surface area contributed by atoms with E-state index in [0.29, 0.717) is 11.3 Å². The summed E-state index contributed by atoms with van der Waals surface area (Å²) in [6.45, 7) is 8.68. The first-order valence-electron chi connectivity index (χ1n) is 4.41. The summed E-state index contributed by atoms with van der Waals surface area (Å²) in [4.78, 5) is 4.36. The first-order chi connectivity index (χ1) is 6.02. The molecule has 1 rings (SSSR count). The summed E-state index contributed by atoms with van der Waals surface area (Å²) in [7, 11) is 0. The van der Waals surface area contributed by atoms with Crippen LogP contribution >= 0.6 is 27.7 Å². The molecule has 0 N–H and O–H groups in total. The smallest absolute Gasteiger partial charge is 0.169 e. The number of aromatic nitrogens is 2. The van der Waals surface area contributed by atoms with Crippen LogP contribution in [-0.4, -0.2) is 14.8 Å². The molecule has 0 fully saturated rings. The van der Waals surface area contributed by atoms with E-state index in [1.165, 1.54) is 0 Å². The van der Waals surface area contributed by atoms with Gasteiger partial charge in [0.2, 0.25) is 0 Å². The lowest BCUT2D eigenvalue weighted by Crippen LogP contribution is -2.04. The van der Waals surface area contributed by atoms with E-state index in [1.54, 1.807) is 11.8 Å². The Morgan fingerprint density at radius 3 is 2.46 bits per heavy atom. The van der Waals surface area contributed by atoms with Gasteiger partial charge < -0.3 is 4.57 Å². The van der Waals surface area contributed by atoms with Crippen LogP contribution in [0.3, 0.4) is 0 Å². The predicted molar refractivity (Wildman–Crippen MR) is 61.3 cm³/mol. The highest BCUT2D eigenvalue weighted by molar-refractivity contribution is 9.10. The highest BCUT2D eigenvalue weighted by Crippen LogP contribution is 2.28. The van der Waals surface area contributed by atoms with E-state index in [1.807, 2.05) is 6.20 Å². The summed E-state index contributed by atoms with van der Waals surface area (Å²) in [5.74, 6) is 0. The van der Waals surface area contributed by atoms with Crippen molar-refractivity contribution in [1.29, 1.82) is 0 Å². The van der Waals surface area contributed by atoms with Crippen molar-refractivity contribution in [2.75, 3.05) is 0 Å². The zero-order chi connectivity index (χ0) is 10.0. The Labute approximate surface area is 92.3 Å². The van der Waals surface area contributed by atoms with Gasteiger partial charge in [-0.3, -0.25) is 0 Å². The van der Waals surface area contributed by atoms with Gasteiger partial charge in [-0.15, -0.1) is 0 Å². The summed E-state index contributed by atoms with van der Waals surface area (Å²) < 4.78 is 3.26. The van der Waals surface area contributed by atoms with Gasteiger partial charge in [0.15, 0.2) is 5.16 Å². The fourth-order valence-corrected chi connectivity index (χ4v) is 2.84. The standard InChI is InChI=1S/C9H15BrN2S/c1-6(2)12-8(10)5-11-9(12)13-7(3)4/h5-7H,1-4H3. The number of hydrogen-bond donors (Lipinski definition) is 0. The summed E-state index contributed by atoms with van der Waals surface area (Å²) in [6.07, 6.45) is 1.87. The molecule has 0 amide bonds. The van der Waals surface area contributed by atoms with Crippen LogP contribution in [0.5, 0.6) is 0 Å². The second-order valence-corrected chi connectivity index (χ2v) is 5.85. The fraction of sp³-hybridized carbons (Fsp3) is 0.667. The van der Waals surface area contributed by atoms with Crippen molar-refractivity contribution in [3.05, 3.63) is 10.8 Å². The lowest BCUT2D eigenvalue weighted by atomic mass is 10.4. The monoisotopic (exact) mass is 262 g/mol. The summed E-state index contributed by atoms with van der Waals surface area (Å²) in [6, 6.07) is 0.457. The quantitative estimate of drug-likeness (QED) is 0.773. The van der Waals surface area contributed by atoms with E-state index in [2.05, 4.69) is 53.2 Å². The molecule has 1 heterocycles. The Bertz CT molecular complexity index is 281. The molecule has 1 aromatic rings. The molecule has 0 saturated carbocycles. The molecule has 74 valence electrons. The van der Waals surface area contributed by atoms with Crippen LogP contribution in [0.4, 0.5) is 0 Å². The highest BCUT2D eigenvalue weighted by Gasteiger charge is 2.12. The van der Waals surface area contributed by atoms with Crippen LogP contribution in [-0.2, 0) is 0 Å². The lowest BCUT2D eigenvalue weighted by Gasteiger charge is -2.13. The van der Waals surface area contributed by atoms with Crippen molar-refractivity contribution >= 4 is 27.7 Å². The molecule has 2 nitrogen and oxygen atoms in total. The van der Waals surface area contributed by atoms with E-state index < -0.39 is 0 Å². The maximum absolute atomic E-state index is 4.36. The summed E-state index contributed by atoms with van der Waals surface area (Å²) in [5.41, 5.74) is 0. The molecule has 0 saturated heterocycles. The Kier molecular flexibility index (Phi) is 3.86. The van der Waals surface area contributed by atoms with Crippen molar-refractivity contribution < 1.29 is 0 Å². The third-order valence-corrected chi connectivity index (χ3v) is 3.15. The van der Waals surface area contributed by atoms with Crippen LogP contribution in [0.15, 0.2) is 16.0 Å². The van der Waals surface area contributed by atoms with E-state index in [4.69, 9.17) is 0 Å². The Morgan fingerprint density at radius 1 is 1.38 bits per heavy atom. The predicted octanol–water partition coefficient (Wildman–Crippen LogP) is 3.73. The van der Waals surface area contributed by atoms with Crippen molar-refractivity contribution in [3.8, 4) is 0 Å². The Morgan fingerprint density at radius 2 is 2.00 bits per heavy atom. The van der Waals surface area contributed by atoms with Crippen molar-refractivity contribution in [2.24, 2.45) is 0 Å². The molecule has 0 aliphatic carbocycles. The Hall–Kier alpha value is 0.0400. The van der Waals surface area contributed by atoms with Crippen LogP contribution in [0, 0.1) is 0 Å². The van der Waals surface area contributed by atoms with Gasteiger partial charge in [-0.1, -0.05) is 25.6 Å². The third-order valence-electron chi connectivity index (χ3n) is 1.58. The lowest BCUT2D eigenvalue weighted by molar-refractivity contribution is 0.539. The maximum Gasteiger partial charge on any atom is 0.169 e. The molecule has 0 atom stereocenters. The van der Waals surface area contributed by atoms with Crippen molar-refractivity contribution in [2.45, 2.75) is 44.1 Å². The minimum absolute atomic E-state index is 0.457.